The minimum atomic E-state index is 0.0176. The lowest BCUT2D eigenvalue weighted by molar-refractivity contribution is -0.130. The molecule has 3 aliphatic rings. The summed E-state index contributed by atoms with van der Waals surface area (Å²) < 4.78 is 5.34. The highest BCUT2D eigenvalue weighted by Gasteiger charge is 2.26. The van der Waals surface area contributed by atoms with E-state index < -0.39 is 0 Å². The van der Waals surface area contributed by atoms with Crippen LogP contribution in [0.25, 0.3) is 0 Å². The molecule has 1 amide bonds. The number of allylic oxidation sites excluding steroid dienone is 1. The Morgan fingerprint density at radius 1 is 1.12 bits per heavy atom. The molecule has 0 atom stereocenters. The quantitative estimate of drug-likeness (QED) is 0.837. The Bertz CT molecular complexity index is 738. The summed E-state index contributed by atoms with van der Waals surface area (Å²) >= 11 is 0. The predicted octanol–water partition coefficient (Wildman–Crippen LogP) is 1.51. The molecule has 1 saturated heterocycles. The van der Waals surface area contributed by atoms with Crippen LogP contribution in [0.4, 0.5) is 0 Å². The molecule has 0 bridgehead atoms. The average Bonchev–Trinajstić information content (AvgIpc) is 3.06. The summed E-state index contributed by atoms with van der Waals surface area (Å²) in [4.78, 5) is 33.2. The van der Waals surface area contributed by atoms with Gasteiger partial charge in [0.25, 0.3) is 0 Å². The summed E-state index contributed by atoms with van der Waals surface area (Å²) in [7, 11) is 0. The molecule has 1 fully saturated rings. The summed E-state index contributed by atoms with van der Waals surface area (Å²) in [5, 5.41) is 0. The van der Waals surface area contributed by atoms with E-state index in [0.29, 0.717) is 37.8 Å². The largest absolute Gasteiger partial charge is 0.378 e. The SMILES string of the molecule is O=C1C=C(N2CCOCC2)N=C(CC(=O)N2Cc3ccccc3C2)C1. The number of hydrogen-bond acceptors (Lipinski definition) is 5. The highest BCUT2D eigenvalue weighted by molar-refractivity contribution is 6.14. The molecule has 25 heavy (non-hydrogen) atoms. The Hall–Kier alpha value is -2.47. The summed E-state index contributed by atoms with van der Waals surface area (Å²) in [5.41, 5.74) is 3.06. The molecular weight excluding hydrogens is 318 g/mol. The molecule has 0 aromatic heterocycles. The van der Waals surface area contributed by atoms with Crippen molar-refractivity contribution in [3.8, 4) is 0 Å². The summed E-state index contributed by atoms with van der Waals surface area (Å²) in [6, 6.07) is 8.11. The first-order chi connectivity index (χ1) is 12.2. The van der Waals surface area contributed by atoms with Crippen molar-refractivity contribution in [1.82, 2.24) is 9.80 Å². The second-order valence-corrected chi connectivity index (χ2v) is 6.62. The van der Waals surface area contributed by atoms with Crippen LogP contribution < -0.4 is 0 Å². The van der Waals surface area contributed by atoms with E-state index in [1.165, 1.54) is 11.1 Å². The first kappa shape index (κ1) is 16.0. The van der Waals surface area contributed by atoms with Gasteiger partial charge in [-0.3, -0.25) is 9.59 Å². The third-order valence-electron chi connectivity index (χ3n) is 4.82. The summed E-state index contributed by atoms with van der Waals surface area (Å²) in [6.07, 6.45) is 2.03. The molecule has 0 unspecified atom stereocenters. The zero-order chi connectivity index (χ0) is 17.2. The number of morpholine rings is 1. The second kappa shape index (κ2) is 6.80. The Kier molecular flexibility index (Phi) is 4.36. The van der Waals surface area contributed by atoms with Crippen molar-refractivity contribution < 1.29 is 14.3 Å². The molecule has 4 rings (SSSR count). The van der Waals surface area contributed by atoms with Gasteiger partial charge in [-0.25, -0.2) is 4.99 Å². The number of ketones is 1. The number of carbonyl (C=O) groups is 2. The standard InChI is InChI=1S/C19H21N3O3/c23-17-9-16(20-18(11-17)21-5-7-25-8-6-21)10-19(24)22-12-14-3-1-2-4-15(14)13-22/h1-4,11H,5-10,12-13H2. The van der Waals surface area contributed by atoms with E-state index in [4.69, 9.17) is 4.74 Å². The number of aliphatic imine (C=N–C) groups is 1. The fourth-order valence-electron chi connectivity index (χ4n) is 3.48. The van der Waals surface area contributed by atoms with Gasteiger partial charge in [0.05, 0.1) is 19.6 Å². The van der Waals surface area contributed by atoms with Gasteiger partial charge in [0.2, 0.25) is 5.91 Å². The molecule has 130 valence electrons. The van der Waals surface area contributed by atoms with E-state index in [1.54, 1.807) is 6.08 Å². The van der Waals surface area contributed by atoms with Crippen molar-refractivity contribution in [2.24, 2.45) is 4.99 Å². The van der Waals surface area contributed by atoms with Crippen LogP contribution in [-0.4, -0.2) is 53.5 Å². The lowest BCUT2D eigenvalue weighted by atomic mass is 10.1. The van der Waals surface area contributed by atoms with E-state index >= 15 is 0 Å². The Labute approximate surface area is 146 Å². The van der Waals surface area contributed by atoms with Crippen LogP contribution in [0.1, 0.15) is 24.0 Å². The van der Waals surface area contributed by atoms with Gasteiger partial charge in [-0.1, -0.05) is 24.3 Å². The highest BCUT2D eigenvalue weighted by Crippen LogP contribution is 2.24. The molecule has 3 heterocycles. The van der Waals surface area contributed by atoms with E-state index in [1.807, 2.05) is 17.0 Å². The molecule has 0 spiro atoms. The van der Waals surface area contributed by atoms with Crippen molar-refractivity contribution in [3.05, 3.63) is 47.3 Å². The molecule has 0 N–H and O–H groups in total. The summed E-state index contributed by atoms with van der Waals surface area (Å²) in [6.45, 7) is 4.02. The van der Waals surface area contributed by atoms with Crippen LogP contribution in [0.5, 0.6) is 0 Å². The van der Waals surface area contributed by atoms with Gasteiger partial charge in [-0.15, -0.1) is 0 Å². The zero-order valence-corrected chi connectivity index (χ0v) is 14.1. The Morgan fingerprint density at radius 2 is 1.80 bits per heavy atom. The van der Waals surface area contributed by atoms with E-state index in [-0.39, 0.29) is 24.5 Å². The molecule has 1 aromatic rings. The van der Waals surface area contributed by atoms with Crippen LogP contribution in [0.3, 0.4) is 0 Å². The maximum atomic E-state index is 12.7. The van der Waals surface area contributed by atoms with Crippen molar-refractivity contribution in [2.45, 2.75) is 25.9 Å². The number of ether oxygens (including phenoxy) is 1. The molecule has 0 saturated carbocycles. The van der Waals surface area contributed by atoms with Crippen molar-refractivity contribution in [1.29, 1.82) is 0 Å². The fraction of sp³-hybridized carbons (Fsp3) is 0.421. The lowest BCUT2D eigenvalue weighted by Crippen LogP contribution is -2.37. The second-order valence-electron chi connectivity index (χ2n) is 6.62. The molecule has 6 nitrogen and oxygen atoms in total. The van der Waals surface area contributed by atoms with E-state index in [0.717, 1.165) is 13.1 Å². The Morgan fingerprint density at radius 3 is 2.48 bits per heavy atom. The molecule has 6 heteroatoms. The number of benzene rings is 1. The smallest absolute Gasteiger partial charge is 0.228 e. The van der Waals surface area contributed by atoms with Crippen LogP contribution in [-0.2, 0) is 27.4 Å². The van der Waals surface area contributed by atoms with E-state index in [2.05, 4.69) is 22.0 Å². The number of fused-ring (bicyclic) bond motifs is 1. The number of amides is 1. The van der Waals surface area contributed by atoms with Crippen molar-refractivity contribution in [3.63, 3.8) is 0 Å². The lowest BCUT2D eigenvalue weighted by Gasteiger charge is -2.30. The van der Waals surface area contributed by atoms with Crippen LogP contribution >= 0.6 is 0 Å². The highest BCUT2D eigenvalue weighted by atomic mass is 16.5. The van der Waals surface area contributed by atoms with E-state index in [9.17, 15) is 9.59 Å². The van der Waals surface area contributed by atoms with Gasteiger partial charge in [0.1, 0.15) is 5.82 Å². The monoisotopic (exact) mass is 339 g/mol. The fourth-order valence-corrected chi connectivity index (χ4v) is 3.48. The third kappa shape index (κ3) is 3.49. The van der Waals surface area contributed by atoms with Crippen LogP contribution in [0, 0.1) is 0 Å². The number of carbonyl (C=O) groups excluding carboxylic acids is 2. The Balaban J connectivity index is 1.43. The topological polar surface area (TPSA) is 62.2 Å². The first-order valence-corrected chi connectivity index (χ1v) is 8.67. The van der Waals surface area contributed by atoms with Crippen LogP contribution in [0.2, 0.25) is 0 Å². The molecule has 0 radical (unpaired) electrons. The zero-order valence-electron chi connectivity index (χ0n) is 14.1. The van der Waals surface area contributed by atoms with Gasteiger partial charge in [-0.2, -0.15) is 0 Å². The maximum Gasteiger partial charge on any atom is 0.228 e. The van der Waals surface area contributed by atoms with Gasteiger partial charge in [-0.05, 0) is 11.1 Å². The van der Waals surface area contributed by atoms with Crippen molar-refractivity contribution >= 4 is 17.4 Å². The number of rotatable bonds is 3. The molecule has 1 aromatic carbocycles. The van der Waals surface area contributed by atoms with Gasteiger partial charge in [0, 0.05) is 44.4 Å². The van der Waals surface area contributed by atoms with Crippen molar-refractivity contribution in [2.75, 3.05) is 26.3 Å². The summed E-state index contributed by atoms with van der Waals surface area (Å²) in [5.74, 6) is 0.724. The normalized spacial score (nSPS) is 20.2. The molecule has 3 aliphatic heterocycles. The maximum absolute atomic E-state index is 12.7. The van der Waals surface area contributed by atoms with Gasteiger partial charge >= 0.3 is 0 Å². The van der Waals surface area contributed by atoms with Crippen LogP contribution in [0.15, 0.2) is 41.2 Å². The minimum Gasteiger partial charge on any atom is -0.378 e. The third-order valence-corrected chi connectivity index (χ3v) is 4.82. The van der Waals surface area contributed by atoms with Gasteiger partial charge < -0.3 is 14.5 Å². The molecule has 0 aliphatic carbocycles. The number of nitrogens with zero attached hydrogens (tertiary/aromatic N) is 3. The number of hydrogen-bond donors (Lipinski definition) is 0. The first-order valence-electron chi connectivity index (χ1n) is 8.67. The predicted molar refractivity (Wildman–Crippen MR) is 92.8 cm³/mol. The average molecular weight is 339 g/mol. The van der Waals surface area contributed by atoms with Gasteiger partial charge in [0.15, 0.2) is 5.78 Å². The minimum absolute atomic E-state index is 0.0176. The molecular formula is C19H21N3O3.